The predicted molar refractivity (Wildman–Crippen MR) is 95.4 cm³/mol. The Morgan fingerprint density at radius 3 is 2.57 bits per heavy atom. The maximum atomic E-state index is 4.66. The molecule has 0 aliphatic rings. The second kappa shape index (κ2) is 5.84. The summed E-state index contributed by atoms with van der Waals surface area (Å²) in [5, 5.41) is 2.55. The molecule has 3 nitrogen and oxygen atoms in total. The van der Waals surface area contributed by atoms with Crippen LogP contribution in [0.3, 0.4) is 0 Å². The molecule has 4 aromatic rings. The highest BCUT2D eigenvalue weighted by Crippen LogP contribution is 2.34. The van der Waals surface area contributed by atoms with Crippen molar-refractivity contribution in [3.05, 3.63) is 60.9 Å². The Labute approximate surface area is 135 Å². The lowest BCUT2D eigenvalue weighted by atomic mass is 10.1. The molecule has 3 heterocycles. The van der Waals surface area contributed by atoms with E-state index < -0.39 is 0 Å². The standard InChI is InChI=1S/C20H19N3/c1-2-3-14-23-18-10-5-4-8-15(18)16-11-13-22-19(20(16)23)17-9-6-7-12-21-17/h4-13H,2-3,14H2,1H3. The zero-order valence-electron chi connectivity index (χ0n) is 13.2. The SMILES string of the molecule is CCCCn1c2ccccc2c2ccnc(-c3ccccn3)c21. The molecule has 3 aromatic heterocycles. The summed E-state index contributed by atoms with van der Waals surface area (Å²) < 4.78 is 2.41. The van der Waals surface area contributed by atoms with Crippen molar-refractivity contribution in [1.82, 2.24) is 14.5 Å². The number of nitrogens with zero attached hydrogens (tertiary/aromatic N) is 3. The van der Waals surface area contributed by atoms with Crippen LogP contribution in [0.2, 0.25) is 0 Å². The first-order valence-electron chi connectivity index (χ1n) is 8.17. The monoisotopic (exact) mass is 301 g/mol. The van der Waals surface area contributed by atoms with Crippen LogP contribution in [0.15, 0.2) is 60.9 Å². The van der Waals surface area contributed by atoms with E-state index in [9.17, 15) is 0 Å². The predicted octanol–water partition coefficient (Wildman–Crippen LogP) is 5.05. The molecule has 4 rings (SSSR count). The van der Waals surface area contributed by atoms with Crippen LogP contribution in [0.5, 0.6) is 0 Å². The summed E-state index contributed by atoms with van der Waals surface area (Å²) in [4.78, 5) is 9.17. The topological polar surface area (TPSA) is 30.7 Å². The minimum absolute atomic E-state index is 0.929. The van der Waals surface area contributed by atoms with Crippen molar-refractivity contribution < 1.29 is 0 Å². The Hall–Kier alpha value is -2.68. The van der Waals surface area contributed by atoms with E-state index in [4.69, 9.17) is 0 Å². The van der Waals surface area contributed by atoms with Crippen molar-refractivity contribution in [2.24, 2.45) is 0 Å². The molecule has 0 radical (unpaired) electrons. The minimum atomic E-state index is 0.929. The summed E-state index contributed by atoms with van der Waals surface area (Å²) in [7, 11) is 0. The highest BCUT2D eigenvalue weighted by Gasteiger charge is 2.15. The number of fused-ring (bicyclic) bond motifs is 3. The van der Waals surface area contributed by atoms with Gasteiger partial charge in [0.15, 0.2) is 0 Å². The van der Waals surface area contributed by atoms with Crippen LogP contribution in [0.1, 0.15) is 19.8 Å². The molecule has 0 atom stereocenters. The number of pyridine rings is 2. The van der Waals surface area contributed by atoms with Crippen molar-refractivity contribution in [2.75, 3.05) is 0 Å². The lowest BCUT2D eigenvalue weighted by molar-refractivity contribution is 0.664. The number of aromatic nitrogens is 3. The van der Waals surface area contributed by atoms with Crippen LogP contribution < -0.4 is 0 Å². The smallest absolute Gasteiger partial charge is 0.113 e. The van der Waals surface area contributed by atoms with Gasteiger partial charge in [-0.15, -0.1) is 0 Å². The van der Waals surface area contributed by atoms with Gasteiger partial charge in [0.25, 0.3) is 0 Å². The second-order valence-corrected chi connectivity index (χ2v) is 5.79. The molecule has 0 bridgehead atoms. The normalized spacial score (nSPS) is 11.3. The number of benzene rings is 1. The fourth-order valence-corrected chi connectivity index (χ4v) is 3.24. The van der Waals surface area contributed by atoms with Crippen molar-refractivity contribution in [1.29, 1.82) is 0 Å². The molecule has 1 aromatic carbocycles. The van der Waals surface area contributed by atoms with E-state index in [0.717, 1.165) is 24.4 Å². The molecule has 0 amide bonds. The first-order chi connectivity index (χ1) is 11.4. The quantitative estimate of drug-likeness (QED) is 0.528. The Morgan fingerprint density at radius 1 is 0.870 bits per heavy atom. The molecule has 3 heteroatoms. The summed E-state index contributed by atoms with van der Waals surface area (Å²) in [5.74, 6) is 0. The average Bonchev–Trinajstić information content (AvgIpc) is 2.95. The van der Waals surface area contributed by atoms with E-state index in [1.165, 1.54) is 28.2 Å². The van der Waals surface area contributed by atoms with E-state index in [1.807, 2.05) is 30.6 Å². The first-order valence-corrected chi connectivity index (χ1v) is 8.17. The van der Waals surface area contributed by atoms with Crippen LogP contribution in [0, 0.1) is 0 Å². The highest BCUT2D eigenvalue weighted by molar-refractivity contribution is 6.11. The van der Waals surface area contributed by atoms with Crippen molar-refractivity contribution in [3.63, 3.8) is 0 Å². The maximum Gasteiger partial charge on any atom is 0.113 e. The van der Waals surface area contributed by atoms with Crippen molar-refractivity contribution in [3.8, 4) is 11.4 Å². The van der Waals surface area contributed by atoms with Gasteiger partial charge in [0.2, 0.25) is 0 Å². The van der Waals surface area contributed by atoms with Gasteiger partial charge in [-0.25, -0.2) is 0 Å². The fraction of sp³-hybridized carbons (Fsp3) is 0.200. The molecule has 23 heavy (non-hydrogen) atoms. The summed E-state index contributed by atoms with van der Waals surface area (Å²) in [6, 6.07) is 16.7. The number of rotatable bonds is 4. The Balaban J connectivity index is 2.09. The van der Waals surface area contributed by atoms with Crippen LogP contribution in [0.4, 0.5) is 0 Å². The van der Waals surface area contributed by atoms with Gasteiger partial charge in [-0.3, -0.25) is 9.97 Å². The molecule has 0 aliphatic heterocycles. The van der Waals surface area contributed by atoms with Gasteiger partial charge in [0.1, 0.15) is 5.69 Å². The van der Waals surface area contributed by atoms with Crippen molar-refractivity contribution >= 4 is 21.8 Å². The van der Waals surface area contributed by atoms with Gasteiger partial charge in [0.05, 0.1) is 11.2 Å². The summed E-state index contributed by atoms with van der Waals surface area (Å²) in [6.07, 6.45) is 6.05. The summed E-state index contributed by atoms with van der Waals surface area (Å²) in [5.41, 5.74) is 4.37. The molecular weight excluding hydrogens is 282 g/mol. The third-order valence-electron chi connectivity index (χ3n) is 4.32. The molecule has 0 N–H and O–H groups in total. The summed E-state index contributed by atoms with van der Waals surface area (Å²) in [6.45, 7) is 3.23. The van der Waals surface area contributed by atoms with E-state index in [0.29, 0.717) is 0 Å². The fourth-order valence-electron chi connectivity index (χ4n) is 3.24. The lowest BCUT2D eigenvalue weighted by Gasteiger charge is -2.09. The van der Waals surface area contributed by atoms with E-state index in [-0.39, 0.29) is 0 Å². The van der Waals surface area contributed by atoms with Gasteiger partial charge < -0.3 is 4.57 Å². The maximum absolute atomic E-state index is 4.66. The van der Waals surface area contributed by atoms with E-state index in [2.05, 4.69) is 51.8 Å². The average molecular weight is 301 g/mol. The second-order valence-electron chi connectivity index (χ2n) is 5.79. The van der Waals surface area contributed by atoms with Gasteiger partial charge in [0, 0.05) is 35.2 Å². The van der Waals surface area contributed by atoms with Gasteiger partial charge in [-0.2, -0.15) is 0 Å². The molecule has 0 fully saturated rings. The highest BCUT2D eigenvalue weighted by atomic mass is 15.0. The van der Waals surface area contributed by atoms with Crippen LogP contribution in [0.25, 0.3) is 33.2 Å². The molecule has 0 spiro atoms. The lowest BCUT2D eigenvalue weighted by Crippen LogP contribution is -2.00. The van der Waals surface area contributed by atoms with Crippen LogP contribution in [-0.4, -0.2) is 14.5 Å². The Kier molecular flexibility index (Phi) is 3.54. The van der Waals surface area contributed by atoms with E-state index >= 15 is 0 Å². The van der Waals surface area contributed by atoms with Crippen molar-refractivity contribution in [2.45, 2.75) is 26.3 Å². The van der Waals surface area contributed by atoms with E-state index in [1.54, 1.807) is 0 Å². The molecule has 0 unspecified atom stereocenters. The molecule has 0 aliphatic carbocycles. The first kappa shape index (κ1) is 13.9. The number of hydrogen-bond acceptors (Lipinski definition) is 2. The third-order valence-corrected chi connectivity index (χ3v) is 4.32. The summed E-state index contributed by atoms with van der Waals surface area (Å²) >= 11 is 0. The molecular formula is C20H19N3. The van der Waals surface area contributed by atoms with Gasteiger partial charge >= 0.3 is 0 Å². The molecule has 0 saturated heterocycles. The zero-order chi connectivity index (χ0) is 15.6. The number of aryl methyl sites for hydroxylation is 1. The number of para-hydroxylation sites is 1. The Bertz CT molecular complexity index is 955. The van der Waals surface area contributed by atoms with Gasteiger partial charge in [-0.05, 0) is 30.7 Å². The van der Waals surface area contributed by atoms with Crippen LogP contribution in [-0.2, 0) is 6.54 Å². The molecule has 0 saturated carbocycles. The zero-order valence-corrected chi connectivity index (χ0v) is 13.2. The van der Waals surface area contributed by atoms with Crippen LogP contribution >= 0.6 is 0 Å². The minimum Gasteiger partial charge on any atom is -0.339 e. The largest absolute Gasteiger partial charge is 0.339 e. The Morgan fingerprint density at radius 2 is 1.74 bits per heavy atom. The number of hydrogen-bond donors (Lipinski definition) is 0. The number of unbranched alkanes of at least 4 members (excludes halogenated alkanes) is 1. The van der Waals surface area contributed by atoms with Gasteiger partial charge in [-0.1, -0.05) is 37.6 Å². The molecule has 114 valence electrons. The third kappa shape index (κ3) is 2.29.